The summed E-state index contributed by atoms with van der Waals surface area (Å²) in [4.78, 5) is 6.55. The SMILES string of the molecule is CN=C(NCC(C)(C)NS(C)(=O)=O)N1CC(C)(C)C1(C)C.I. The maximum Gasteiger partial charge on any atom is 0.209 e. The van der Waals surface area contributed by atoms with Gasteiger partial charge < -0.3 is 10.2 Å². The summed E-state index contributed by atoms with van der Waals surface area (Å²) in [5.41, 5.74) is -0.331. The van der Waals surface area contributed by atoms with E-state index in [1.807, 2.05) is 13.8 Å². The van der Waals surface area contributed by atoms with Crippen molar-refractivity contribution in [1.29, 1.82) is 0 Å². The van der Waals surface area contributed by atoms with E-state index in [9.17, 15) is 8.42 Å². The second-order valence-electron chi connectivity index (χ2n) is 7.69. The van der Waals surface area contributed by atoms with Gasteiger partial charge in [0.1, 0.15) is 0 Å². The predicted octanol–water partition coefficient (Wildman–Crippen LogP) is 1.63. The van der Waals surface area contributed by atoms with E-state index in [2.05, 4.69) is 47.6 Å². The van der Waals surface area contributed by atoms with Crippen LogP contribution in [0.3, 0.4) is 0 Å². The van der Waals surface area contributed by atoms with Crippen molar-refractivity contribution in [2.45, 2.75) is 52.6 Å². The van der Waals surface area contributed by atoms with Crippen LogP contribution in [-0.2, 0) is 10.0 Å². The fraction of sp³-hybridized carbons (Fsp3) is 0.929. The lowest BCUT2D eigenvalue weighted by Crippen LogP contribution is -2.73. The van der Waals surface area contributed by atoms with Crippen molar-refractivity contribution in [2.24, 2.45) is 10.4 Å². The summed E-state index contributed by atoms with van der Waals surface area (Å²) in [7, 11) is -1.48. The topological polar surface area (TPSA) is 73.8 Å². The first-order valence-electron chi connectivity index (χ1n) is 7.19. The number of sulfonamides is 1. The fourth-order valence-corrected chi connectivity index (χ4v) is 3.61. The molecule has 0 aromatic rings. The molecule has 1 heterocycles. The van der Waals surface area contributed by atoms with Crippen molar-refractivity contribution >= 4 is 40.0 Å². The minimum absolute atomic E-state index is 0. The molecule has 0 aromatic heterocycles. The molecule has 1 aliphatic heterocycles. The van der Waals surface area contributed by atoms with Crippen LogP contribution >= 0.6 is 24.0 Å². The van der Waals surface area contributed by atoms with E-state index in [4.69, 9.17) is 0 Å². The van der Waals surface area contributed by atoms with Crippen LogP contribution in [0.1, 0.15) is 41.5 Å². The first-order chi connectivity index (χ1) is 9.22. The lowest BCUT2D eigenvalue weighted by molar-refractivity contribution is -0.0668. The zero-order valence-electron chi connectivity index (χ0n) is 14.9. The molecule has 0 saturated carbocycles. The average molecular weight is 446 g/mol. The highest BCUT2D eigenvalue weighted by atomic mass is 127. The highest BCUT2D eigenvalue weighted by Gasteiger charge is 2.53. The molecule has 0 amide bonds. The molecule has 0 unspecified atom stereocenters. The molecule has 0 radical (unpaired) electrons. The number of hydrogen-bond donors (Lipinski definition) is 2. The van der Waals surface area contributed by atoms with Gasteiger partial charge in [-0.25, -0.2) is 13.1 Å². The Kier molecular flexibility index (Phi) is 6.77. The lowest BCUT2D eigenvalue weighted by atomic mass is 9.65. The second-order valence-corrected chi connectivity index (χ2v) is 9.44. The van der Waals surface area contributed by atoms with E-state index < -0.39 is 15.6 Å². The van der Waals surface area contributed by atoms with E-state index in [0.717, 1.165) is 12.5 Å². The molecule has 22 heavy (non-hydrogen) atoms. The van der Waals surface area contributed by atoms with Crippen LogP contribution in [0.15, 0.2) is 4.99 Å². The molecule has 8 heteroatoms. The molecular formula is C14H31IN4O2S. The van der Waals surface area contributed by atoms with Crippen molar-refractivity contribution in [3.8, 4) is 0 Å². The minimum Gasteiger partial charge on any atom is -0.354 e. The summed E-state index contributed by atoms with van der Waals surface area (Å²) >= 11 is 0. The van der Waals surface area contributed by atoms with Gasteiger partial charge in [0.05, 0.1) is 6.26 Å². The molecule has 0 atom stereocenters. The first kappa shape index (κ1) is 21.9. The number of rotatable bonds is 4. The smallest absolute Gasteiger partial charge is 0.209 e. The molecular weight excluding hydrogens is 415 g/mol. The van der Waals surface area contributed by atoms with Crippen LogP contribution in [0.4, 0.5) is 0 Å². The van der Waals surface area contributed by atoms with Gasteiger partial charge in [-0.3, -0.25) is 4.99 Å². The summed E-state index contributed by atoms with van der Waals surface area (Å²) in [6.45, 7) is 14.0. The zero-order chi connectivity index (χ0) is 16.7. The molecule has 0 bridgehead atoms. The number of nitrogens with one attached hydrogen (secondary N) is 2. The van der Waals surface area contributed by atoms with Crippen LogP contribution in [0.2, 0.25) is 0 Å². The summed E-state index contributed by atoms with van der Waals surface area (Å²) in [6, 6.07) is 0. The Morgan fingerprint density at radius 3 is 2.09 bits per heavy atom. The van der Waals surface area contributed by atoms with Gasteiger partial charge in [-0.2, -0.15) is 0 Å². The Hall–Kier alpha value is -0.0900. The third-order valence-corrected chi connectivity index (χ3v) is 5.43. The Balaban J connectivity index is 0.00000441. The molecule has 6 nitrogen and oxygen atoms in total. The van der Waals surface area contributed by atoms with E-state index in [0.29, 0.717) is 6.54 Å². The molecule has 1 saturated heterocycles. The van der Waals surface area contributed by atoms with Crippen molar-refractivity contribution in [3.05, 3.63) is 0 Å². The molecule has 1 rings (SSSR count). The van der Waals surface area contributed by atoms with Crippen LogP contribution in [-0.4, -0.2) is 56.7 Å². The Bertz CT molecular complexity index is 527. The minimum atomic E-state index is -3.23. The molecule has 0 aliphatic carbocycles. The highest BCUT2D eigenvalue weighted by Crippen LogP contribution is 2.46. The van der Waals surface area contributed by atoms with Crippen molar-refractivity contribution < 1.29 is 8.42 Å². The predicted molar refractivity (Wildman–Crippen MR) is 103 cm³/mol. The Morgan fingerprint density at radius 2 is 1.77 bits per heavy atom. The molecule has 1 fully saturated rings. The number of aliphatic imine (C=N–C) groups is 1. The van der Waals surface area contributed by atoms with Crippen molar-refractivity contribution in [1.82, 2.24) is 14.9 Å². The number of guanidine groups is 1. The number of hydrogen-bond acceptors (Lipinski definition) is 3. The average Bonchev–Trinajstić information content (AvgIpc) is 2.24. The molecule has 1 aliphatic rings. The van der Waals surface area contributed by atoms with E-state index >= 15 is 0 Å². The zero-order valence-corrected chi connectivity index (χ0v) is 18.1. The van der Waals surface area contributed by atoms with Crippen molar-refractivity contribution in [3.63, 3.8) is 0 Å². The van der Waals surface area contributed by atoms with Crippen LogP contribution in [0, 0.1) is 5.41 Å². The van der Waals surface area contributed by atoms with Crippen molar-refractivity contribution in [2.75, 3.05) is 26.4 Å². The van der Waals surface area contributed by atoms with Crippen LogP contribution in [0.5, 0.6) is 0 Å². The van der Waals surface area contributed by atoms with Gasteiger partial charge >= 0.3 is 0 Å². The van der Waals surface area contributed by atoms with E-state index in [1.54, 1.807) is 7.05 Å². The van der Waals surface area contributed by atoms with Gasteiger partial charge in [-0.1, -0.05) is 13.8 Å². The van der Waals surface area contributed by atoms with Gasteiger partial charge in [0.15, 0.2) is 5.96 Å². The van der Waals surface area contributed by atoms with Gasteiger partial charge in [0.2, 0.25) is 10.0 Å². The van der Waals surface area contributed by atoms with Gasteiger partial charge in [0.25, 0.3) is 0 Å². The Labute approximate surface area is 152 Å². The largest absolute Gasteiger partial charge is 0.354 e. The van der Waals surface area contributed by atoms with Gasteiger partial charge in [-0.05, 0) is 27.7 Å². The lowest BCUT2D eigenvalue weighted by Gasteiger charge is -2.62. The molecule has 132 valence electrons. The third-order valence-electron chi connectivity index (χ3n) is 4.50. The maximum absolute atomic E-state index is 11.4. The second kappa shape index (κ2) is 6.80. The highest BCUT2D eigenvalue weighted by molar-refractivity contribution is 14.0. The molecule has 0 aromatic carbocycles. The first-order valence-corrected chi connectivity index (χ1v) is 9.08. The maximum atomic E-state index is 11.4. The quantitative estimate of drug-likeness (QED) is 0.391. The molecule has 2 N–H and O–H groups in total. The van der Waals surface area contributed by atoms with Crippen LogP contribution in [0.25, 0.3) is 0 Å². The summed E-state index contributed by atoms with van der Waals surface area (Å²) in [6.07, 6.45) is 1.17. The Morgan fingerprint density at radius 1 is 1.27 bits per heavy atom. The summed E-state index contributed by atoms with van der Waals surface area (Å²) < 4.78 is 25.4. The monoisotopic (exact) mass is 446 g/mol. The number of nitrogens with zero attached hydrogens (tertiary/aromatic N) is 2. The summed E-state index contributed by atoms with van der Waals surface area (Å²) in [5.74, 6) is 0.808. The van der Waals surface area contributed by atoms with Gasteiger partial charge in [-0.15, -0.1) is 24.0 Å². The standard InChI is InChI=1S/C14H30N4O2S.HI/c1-12(2)10-18(14(12,5)6)11(15-7)16-9-13(3,4)17-21(8,19)20;/h17H,9-10H2,1-8H3,(H,15,16);1H. The van der Waals surface area contributed by atoms with E-state index in [1.165, 1.54) is 6.26 Å². The summed E-state index contributed by atoms with van der Waals surface area (Å²) in [5, 5.41) is 3.28. The molecule has 0 spiro atoms. The number of halogens is 1. The van der Waals surface area contributed by atoms with Crippen LogP contribution < -0.4 is 10.0 Å². The van der Waals surface area contributed by atoms with Gasteiger partial charge in [0, 0.05) is 36.6 Å². The number of likely N-dealkylation sites (tertiary alicyclic amines) is 1. The normalized spacial score (nSPS) is 20.9. The third kappa shape index (κ3) is 4.95. The van der Waals surface area contributed by atoms with E-state index in [-0.39, 0.29) is 34.9 Å². The fourth-order valence-electron chi connectivity index (χ4n) is 2.53.